The zero-order valence-electron chi connectivity index (χ0n) is 15.4. The second-order valence-electron chi connectivity index (χ2n) is 7.28. The van der Waals surface area contributed by atoms with Crippen LogP contribution in [0.1, 0.15) is 48.9 Å². The molecule has 0 unspecified atom stereocenters. The van der Waals surface area contributed by atoms with Gasteiger partial charge in [-0.3, -0.25) is 4.79 Å². The Balaban J connectivity index is 1.73. The van der Waals surface area contributed by atoms with Crippen LogP contribution in [0, 0.1) is 12.8 Å². The van der Waals surface area contributed by atoms with Crippen molar-refractivity contribution in [1.82, 2.24) is 5.01 Å². The SMILES string of the molecule is CC(=O)N1N=C2/C(=C\c3ccccc3)CCC[C@H]2[C@H]1c1ccc(C)cc1. The van der Waals surface area contributed by atoms with Crippen LogP contribution in [0.25, 0.3) is 6.08 Å². The fourth-order valence-electron chi connectivity index (χ4n) is 4.11. The van der Waals surface area contributed by atoms with E-state index in [9.17, 15) is 4.79 Å². The molecule has 0 bridgehead atoms. The number of allylic oxidation sites excluding steroid dienone is 1. The van der Waals surface area contributed by atoms with E-state index in [1.807, 2.05) is 6.07 Å². The average Bonchev–Trinajstić information content (AvgIpc) is 3.04. The molecule has 1 aliphatic heterocycles. The van der Waals surface area contributed by atoms with Crippen LogP contribution in [-0.4, -0.2) is 16.6 Å². The lowest BCUT2D eigenvalue weighted by Gasteiger charge is -2.29. The van der Waals surface area contributed by atoms with Gasteiger partial charge in [0, 0.05) is 12.8 Å². The van der Waals surface area contributed by atoms with Crippen molar-refractivity contribution in [1.29, 1.82) is 0 Å². The molecule has 0 spiro atoms. The fourth-order valence-corrected chi connectivity index (χ4v) is 4.11. The summed E-state index contributed by atoms with van der Waals surface area (Å²) in [5.41, 5.74) is 5.97. The van der Waals surface area contributed by atoms with Gasteiger partial charge < -0.3 is 0 Å². The third kappa shape index (κ3) is 3.10. The second-order valence-corrected chi connectivity index (χ2v) is 7.28. The Labute approximate surface area is 155 Å². The molecule has 0 N–H and O–H groups in total. The van der Waals surface area contributed by atoms with Crippen LogP contribution in [-0.2, 0) is 4.79 Å². The smallest absolute Gasteiger partial charge is 0.240 e. The van der Waals surface area contributed by atoms with Crippen molar-refractivity contribution in [2.24, 2.45) is 11.0 Å². The van der Waals surface area contributed by atoms with Gasteiger partial charge in [0.1, 0.15) is 0 Å². The number of hydrogen-bond donors (Lipinski definition) is 0. The first-order chi connectivity index (χ1) is 12.6. The lowest BCUT2D eigenvalue weighted by molar-refractivity contribution is -0.131. The fraction of sp³-hybridized carbons (Fsp3) is 0.304. The van der Waals surface area contributed by atoms with Crippen molar-refractivity contribution < 1.29 is 4.79 Å². The Morgan fingerprint density at radius 1 is 1.12 bits per heavy atom. The summed E-state index contributed by atoms with van der Waals surface area (Å²) in [6.45, 7) is 3.70. The first-order valence-electron chi connectivity index (χ1n) is 9.34. The molecule has 1 aliphatic carbocycles. The van der Waals surface area contributed by atoms with Gasteiger partial charge in [-0.05, 0) is 49.0 Å². The number of nitrogens with zero attached hydrogens (tertiary/aromatic N) is 2. The third-order valence-corrected chi connectivity index (χ3v) is 5.38. The quantitative estimate of drug-likeness (QED) is 0.742. The van der Waals surface area contributed by atoms with Gasteiger partial charge in [0.25, 0.3) is 0 Å². The first-order valence-corrected chi connectivity index (χ1v) is 9.34. The highest BCUT2D eigenvalue weighted by atomic mass is 16.2. The van der Waals surface area contributed by atoms with E-state index >= 15 is 0 Å². The van der Waals surface area contributed by atoms with Crippen molar-refractivity contribution in [3.63, 3.8) is 0 Å². The minimum Gasteiger partial charge on any atom is -0.273 e. The normalized spacial score (nSPS) is 23.7. The second kappa shape index (κ2) is 6.91. The van der Waals surface area contributed by atoms with Crippen molar-refractivity contribution >= 4 is 17.7 Å². The van der Waals surface area contributed by atoms with Crippen LogP contribution in [0.3, 0.4) is 0 Å². The molecule has 2 aromatic carbocycles. The predicted molar refractivity (Wildman–Crippen MR) is 106 cm³/mol. The number of rotatable bonds is 2. The van der Waals surface area contributed by atoms with Gasteiger partial charge in [-0.25, -0.2) is 5.01 Å². The minimum absolute atomic E-state index is 0.0107. The van der Waals surface area contributed by atoms with E-state index in [2.05, 4.69) is 61.5 Å². The van der Waals surface area contributed by atoms with Crippen molar-refractivity contribution in [2.75, 3.05) is 0 Å². The molecule has 2 aromatic rings. The highest BCUT2D eigenvalue weighted by Crippen LogP contribution is 2.44. The number of hydrogen-bond acceptors (Lipinski definition) is 2. The molecule has 2 atom stereocenters. The molecule has 132 valence electrons. The van der Waals surface area contributed by atoms with E-state index in [0.29, 0.717) is 0 Å². The topological polar surface area (TPSA) is 32.7 Å². The summed E-state index contributed by atoms with van der Waals surface area (Å²) in [4.78, 5) is 12.3. The van der Waals surface area contributed by atoms with Crippen LogP contribution >= 0.6 is 0 Å². The molecule has 3 heteroatoms. The van der Waals surface area contributed by atoms with E-state index < -0.39 is 0 Å². The van der Waals surface area contributed by atoms with Crippen LogP contribution in [0.5, 0.6) is 0 Å². The average molecular weight is 344 g/mol. The summed E-state index contributed by atoms with van der Waals surface area (Å²) in [6, 6.07) is 18.9. The monoisotopic (exact) mass is 344 g/mol. The van der Waals surface area contributed by atoms with Gasteiger partial charge in [0.05, 0.1) is 11.8 Å². The van der Waals surface area contributed by atoms with Gasteiger partial charge in [0.2, 0.25) is 5.91 Å². The van der Waals surface area contributed by atoms with Gasteiger partial charge in [0.15, 0.2) is 0 Å². The predicted octanol–water partition coefficient (Wildman–Crippen LogP) is 5.14. The molecule has 0 radical (unpaired) electrons. The van der Waals surface area contributed by atoms with E-state index in [1.165, 1.54) is 22.3 Å². The maximum atomic E-state index is 12.3. The number of hydrazone groups is 1. The molecule has 4 rings (SSSR count). The molecule has 1 heterocycles. The lowest BCUT2D eigenvalue weighted by atomic mass is 9.77. The molecule has 1 saturated carbocycles. The van der Waals surface area contributed by atoms with E-state index in [-0.39, 0.29) is 17.9 Å². The van der Waals surface area contributed by atoms with Gasteiger partial charge >= 0.3 is 0 Å². The molecular formula is C23H24N2O. The summed E-state index contributed by atoms with van der Waals surface area (Å²) in [6.07, 6.45) is 5.47. The molecule has 2 aliphatic rings. The molecule has 26 heavy (non-hydrogen) atoms. The third-order valence-electron chi connectivity index (χ3n) is 5.38. The Morgan fingerprint density at radius 3 is 2.54 bits per heavy atom. The van der Waals surface area contributed by atoms with E-state index in [1.54, 1.807) is 11.9 Å². The maximum Gasteiger partial charge on any atom is 0.240 e. The van der Waals surface area contributed by atoms with Crippen LogP contribution in [0.2, 0.25) is 0 Å². The zero-order valence-corrected chi connectivity index (χ0v) is 15.4. The molecule has 3 nitrogen and oxygen atoms in total. The Hall–Kier alpha value is -2.68. The van der Waals surface area contributed by atoms with Gasteiger partial charge in [-0.15, -0.1) is 0 Å². The van der Waals surface area contributed by atoms with Gasteiger partial charge in [-0.1, -0.05) is 60.2 Å². The van der Waals surface area contributed by atoms with Crippen LogP contribution in [0.4, 0.5) is 0 Å². The van der Waals surface area contributed by atoms with E-state index in [4.69, 9.17) is 5.10 Å². The highest BCUT2D eigenvalue weighted by Gasteiger charge is 2.42. The van der Waals surface area contributed by atoms with Crippen molar-refractivity contribution in [3.8, 4) is 0 Å². The van der Waals surface area contributed by atoms with Crippen molar-refractivity contribution in [3.05, 3.63) is 76.9 Å². The maximum absolute atomic E-state index is 12.3. The molecule has 0 saturated heterocycles. The Morgan fingerprint density at radius 2 is 1.85 bits per heavy atom. The number of carbonyl (C=O) groups excluding carboxylic acids is 1. The van der Waals surface area contributed by atoms with Crippen LogP contribution in [0.15, 0.2) is 65.3 Å². The Bertz CT molecular complexity index is 865. The molecule has 0 aromatic heterocycles. The molecular weight excluding hydrogens is 320 g/mol. The number of carbonyl (C=O) groups is 1. The summed E-state index contributed by atoms with van der Waals surface area (Å²) in [7, 11) is 0. The number of amides is 1. The Kier molecular flexibility index (Phi) is 4.46. The van der Waals surface area contributed by atoms with E-state index in [0.717, 1.165) is 25.0 Å². The lowest BCUT2D eigenvalue weighted by Crippen LogP contribution is -2.30. The molecule has 1 fully saturated rings. The molecule has 1 amide bonds. The first kappa shape index (κ1) is 16.8. The minimum atomic E-state index is 0.0107. The summed E-state index contributed by atoms with van der Waals surface area (Å²) in [5.74, 6) is 0.293. The summed E-state index contributed by atoms with van der Waals surface area (Å²) >= 11 is 0. The summed E-state index contributed by atoms with van der Waals surface area (Å²) in [5, 5.41) is 6.50. The number of benzene rings is 2. The van der Waals surface area contributed by atoms with Gasteiger partial charge in [-0.2, -0.15) is 5.10 Å². The largest absolute Gasteiger partial charge is 0.273 e. The highest BCUT2D eigenvalue weighted by molar-refractivity contribution is 6.08. The number of aryl methyl sites for hydroxylation is 1. The van der Waals surface area contributed by atoms with Crippen molar-refractivity contribution in [2.45, 2.75) is 39.2 Å². The van der Waals surface area contributed by atoms with Crippen LogP contribution < -0.4 is 0 Å². The number of fused-ring (bicyclic) bond motifs is 1. The zero-order chi connectivity index (χ0) is 18.1. The standard InChI is InChI=1S/C23H24N2O/c1-16-11-13-19(14-12-16)23-21-10-6-9-20(15-18-7-4-3-5-8-18)22(21)24-25(23)17(2)26/h3-5,7-8,11-15,21,23H,6,9-10H2,1-2H3/b20-15-/t21-,23-/m1/s1. The summed E-state index contributed by atoms with van der Waals surface area (Å²) < 4.78 is 0.